The summed E-state index contributed by atoms with van der Waals surface area (Å²) in [4.78, 5) is 15.3. The molecule has 1 aromatic heterocycles. The maximum atomic E-state index is 12.1. The molecule has 2 aromatic rings. The van der Waals surface area contributed by atoms with E-state index in [-0.39, 0.29) is 5.91 Å². The van der Waals surface area contributed by atoms with Crippen molar-refractivity contribution in [1.82, 2.24) is 10.3 Å². The zero-order chi connectivity index (χ0) is 13.9. The van der Waals surface area contributed by atoms with Gasteiger partial charge in [-0.05, 0) is 30.5 Å². The van der Waals surface area contributed by atoms with Crippen molar-refractivity contribution in [3.8, 4) is 0 Å². The van der Waals surface area contributed by atoms with E-state index < -0.39 is 0 Å². The van der Waals surface area contributed by atoms with Crippen molar-refractivity contribution in [2.45, 2.75) is 44.6 Å². The minimum Gasteiger partial charge on any atom is -0.361 e. The Balaban J connectivity index is 1.67. The van der Waals surface area contributed by atoms with Crippen molar-refractivity contribution in [3.05, 3.63) is 35.0 Å². The van der Waals surface area contributed by atoms with Gasteiger partial charge in [-0.25, -0.2) is 0 Å². The monoisotopic (exact) mass is 290 g/mol. The van der Waals surface area contributed by atoms with Crippen LogP contribution >= 0.6 is 11.6 Å². The third kappa shape index (κ3) is 2.98. The lowest BCUT2D eigenvalue weighted by Gasteiger charge is -2.22. The van der Waals surface area contributed by atoms with Crippen molar-refractivity contribution in [3.63, 3.8) is 0 Å². The topological polar surface area (TPSA) is 44.9 Å². The molecule has 1 saturated carbocycles. The molecule has 0 atom stereocenters. The summed E-state index contributed by atoms with van der Waals surface area (Å²) in [6.07, 6.45) is 8.34. The Kier molecular flexibility index (Phi) is 3.97. The molecule has 0 aliphatic heterocycles. The summed E-state index contributed by atoms with van der Waals surface area (Å²) in [7, 11) is 0. The van der Waals surface area contributed by atoms with Gasteiger partial charge in [-0.3, -0.25) is 4.79 Å². The van der Waals surface area contributed by atoms with E-state index in [1.54, 1.807) is 0 Å². The van der Waals surface area contributed by atoms with Crippen LogP contribution in [0, 0.1) is 0 Å². The average molecular weight is 291 g/mol. The predicted molar refractivity (Wildman–Crippen MR) is 82.0 cm³/mol. The number of amides is 1. The van der Waals surface area contributed by atoms with Gasteiger partial charge in [-0.15, -0.1) is 0 Å². The SMILES string of the molecule is O=C(Cc1c[nH]c2cc(Cl)ccc12)NC1CCCCC1. The summed E-state index contributed by atoms with van der Waals surface area (Å²) in [5.74, 6) is 0.118. The minimum absolute atomic E-state index is 0.118. The quantitative estimate of drug-likeness (QED) is 0.887. The van der Waals surface area contributed by atoms with Crippen molar-refractivity contribution < 1.29 is 4.79 Å². The van der Waals surface area contributed by atoms with Crippen LogP contribution in [0.5, 0.6) is 0 Å². The summed E-state index contributed by atoms with van der Waals surface area (Å²) in [6, 6.07) is 6.09. The summed E-state index contributed by atoms with van der Waals surface area (Å²) in [5, 5.41) is 4.94. The first-order valence-corrected chi connectivity index (χ1v) is 7.65. The van der Waals surface area contributed by atoms with Crippen molar-refractivity contribution in [2.75, 3.05) is 0 Å². The number of aromatic amines is 1. The Labute approximate surface area is 123 Å². The molecule has 1 aliphatic rings. The highest BCUT2D eigenvalue weighted by molar-refractivity contribution is 6.31. The number of H-pyrrole nitrogens is 1. The molecule has 0 saturated heterocycles. The normalized spacial score (nSPS) is 16.4. The third-order valence-corrected chi connectivity index (χ3v) is 4.29. The molecule has 20 heavy (non-hydrogen) atoms. The molecule has 2 N–H and O–H groups in total. The second kappa shape index (κ2) is 5.88. The predicted octanol–water partition coefficient (Wildman–Crippen LogP) is 3.81. The minimum atomic E-state index is 0.118. The first-order valence-electron chi connectivity index (χ1n) is 7.27. The van der Waals surface area contributed by atoms with Gasteiger partial charge < -0.3 is 10.3 Å². The second-order valence-corrected chi connectivity index (χ2v) is 6.02. The fourth-order valence-electron chi connectivity index (χ4n) is 3.00. The molecular formula is C16H19ClN2O. The summed E-state index contributed by atoms with van der Waals surface area (Å²) in [5.41, 5.74) is 2.02. The van der Waals surface area contributed by atoms with E-state index in [2.05, 4.69) is 10.3 Å². The van der Waals surface area contributed by atoms with Gasteiger partial charge >= 0.3 is 0 Å². The van der Waals surface area contributed by atoms with E-state index in [0.29, 0.717) is 17.5 Å². The molecular weight excluding hydrogens is 272 g/mol. The van der Waals surface area contributed by atoms with Crippen LogP contribution in [0.1, 0.15) is 37.7 Å². The largest absolute Gasteiger partial charge is 0.361 e. The Hall–Kier alpha value is -1.48. The molecule has 0 radical (unpaired) electrons. The van der Waals surface area contributed by atoms with Crippen LogP contribution in [0.25, 0.3) is 10.9 Å². The molecule has 1 amide bonds. The summed E-state index contributed by atoms with van der Waals surface area (Å²) in [6.45, 7) is 0. The smallest absolute Gasteiger partial charge is 0.224 e. The third-order valence-electron chi connectivity index (χ3n) is 4.05. The number of aromatic nitrogens is 1. The standard InChI is InChI=1S/C16H19ClN2O/c17-12-6-7-14-11(10-18-15(14)9-12)8-16(20)19-13-4-2-1-3-5-13/h6-7,9-10,13,18H,1-5,8H2,(H,19,20). The van der Waals surface area contributed by atoms with Gasteiger partial charge in [0.25, 0.3) is 0 Å². The Bertz CT molecular complexity index is 614. The summed E-state index contributed by atoms with van der Waals surface area (Å²) >= 11 is 5.96. The number of rotatable bonds is 3. The van der Waals surface area contributed by atoms with Crippen LogP contribution in [-0.2, 0) is 11.2 Å². The molecule has 1 fully saturated rings. The zero-order valence-corrected chi connectivity index (χ0v) is 12.2. The molecule has 3 nitrogen and oxygen atoms in total. The highest BCUT2D eigenvalue weighted by atomic mass is 35.5. The van der Waals surface area contributed by atoms with Crippen LogP contribution in [0.4, 0.5) is 0 Å². The number of carbonyl (C=O) groups is 1. The number of carbonyl (C=O) groups excluding carboxylic acids is 1. The number of hydrogen-bond donors (Lipinski definition) is 2. The molecule has 106 valence electrons. The van der Waals surface area contributed by atoms with Gasteiger partial charge in [0, 0.05) is 28.2 Å². The molecule has 1 heterocycles. The lowest BCUT2D eigenvalue weighted by molar-refractivity contribution is -0.121. The zero-order valence-electron chi connectivity index (χ0n) is 11.4. The van der Waals surface area contributed by atoms with E-state index in [4.69, 9.17) is 11.6 Å². The van der Waals surface area contributed by atoms with Crippen LogP contribution in [-0.4, -0.2) is 16.9 Å². The van der Waals surface area contributed by atoms with E-state index in [1.165, 1.54) is 19.3 Å². The number of nitrogens with one attached hydrogen (secondary N) is 2. The first-order chi connectivity index (χ1) is 9.72. The van der Waals surface area contributed by atoms with E-state index in [9.17, 15) is 4.79 Å². The van der Waals surface area contributed by atoms with Crippen LogP contribution in [0.15, 0.2) is 24.4 Å². The fourth-order valence-corrected chi connectivity index (χ4v) is 3.18. The van der Waals surface area contributed by atoms with E-state index in [1.807, 2.05) is 24.4 Å². The van der Waals surface area contributed by atoms with Gasteiger partial charge in [0.1, 0.15) is 0 Å². The van der Waals surface area contributed by atoms with E-state index in [0.717, 1.165) is 29.3 Å². The number of fused-ring (bicyclic) bond motifs is 1. The lowest BCUT2D eigenvalue weighted by atomic mass is 9.95. The average Bonchev–Trinajstić information content (AvgIpc) is 2.82. The van der Waals surface area contributed by atoms with Crippen LogP contribution < -0.4 is 5.32 Å². The molecule has 1 aliphatic carbocycles. The Morgan fingerprint density at radius 1 is 1.30 bits per heavy atom. The maximum Gasteiger partial charge on any atom is 0.224 e. The molecule has 4 heteroatoms. The Morgan fingerprint density at radius 2 is 2.10 bits per heavy atom. The van der Waals surface area contributed by atoms with Gasteiger partial charge in [-0.2, -0.15) is 0 Å². The molecule has 0 bridgehead atoms. The highest BCUT2D eigenvalue weighted by Gasteiger charge is 2.16. The lowest BCUT2D eigenvalue weighted by Crippen LogP contribution is -2.37. The first kappa shape index (κ1) is 13.5. The van der Waals surface area contributed by atoms with Crippen molar-refractivity contribution >= 4 is 28.4 Å². The van der Waals surface area contributed by atoms with Gasteiger partial charge in [0.2, 0.25) is 5.91 Å². The molecule has 0 spiro atoms. The van der Waals surface area contributed by atoms with Crippen LogP contribution in [0.2, 0.25) is 5.02 Å². The van der Waals surface area contributed by atoms with Gasteiger partial charge in [0.15, 0.2) is 0 Å². The maximum absolute atomic E-state index is 12.1. The molecule has 0 unspecified atom stereocenters. The van der Waals surface area contributed by atoms with Crippen LogP contribution in [0.3, 0.4) is 0 Å². The number of halogens is 1. The highest BCUT2D eigenvalue weighted by Crippen LogP contribution is 2.23. The van der Waals surface area contributed by atoms with Gasteiger partial charge in [0.05, 0.1) is 6.42 Å². The second-order valence-electron chi connectivity index (χ2n) is 5.58. The van der Waals surface area contributed by atoms with E-state index >= 15 is 0 Å². The Morgan fingerprint density at radius 3 is 2.90 bits per heavy atom. The number of hydrogen-bond acceptors (Lipinski definition) is 1. The van der Waals surface area contributed by atoms with Crippen molar-refractivity contribution in [2.24, 2.45) is 0 Å². The van der Waals surface area contributed by atoms with Crippen molar-refractivity contribution in [1.29, 1.82) is 0 Å². The van der Waals surface area contributed by atoms with Gasteiger partial charge in [-0.1, -0.05) is 36.9 Å². The fraction of sp³-hybridized carbons (Fsp3) is 0.438. The summed E-state index contributed by atoms with van der Waals surface area (Å²) < 4.78 is 0. The molecule has 3 rings (SSSR count). The molecule has 1 aromatic carbocycles. The number of benzene rings is 1.